The second-order valence-electron chi connectivity index (χ2n) is 3.82. The summed E-state index contributed by atoms with van der Waals surface area (Å²) in [6, 6.07) is 5.75. The first kappa shape index (κ1) is 15.4. The van der Waals surface area contributed by atoms with Crippen molar-refractivity contribution >= 4 is 19.4 Å². The molecule has 0 saturated carbocycles. The SMILES string of the molecule is O=C(COP(=O)(O)OCC(=O)c1ccco1)c1ccco1. The van der Waals surface area contributed by atoms with E-state index in [9.17, 15) is 19.0 Å². The normalized spacial score (nSPS) is 11.5. The average molecular weight is 314 g/mol. The lowest BCUT2D eigenvalue weighted by Crippen LogP contribution is -2.11. The number of phosphoric acid groups is 1. The van der Waals surface area contributed by atoms with Gasteiger partial charge in [-0.2, -0.15) is 0 Å². The maximum Gasteiger partial charge on any atom is 0.473 e. The summed E-state index contributed by atoms with van der Waals surface area (Å²) in [5.74, 6) is -1.28. The molecule has 112 valence electrons. The highest BCUT2D eigenvalue weighted by Gasteiger charge is 2.25. The van der Waals surface area contributed by atoms with Crippen molar-refractivity contribution in [1.82, 2.24) is 0 Å². The molecule has 0 amide bonds. The highest BCUT2D eigenvalue weighted by atomic mass is 31.2. The zero-order valence-corrected chi connectivity index (χ0v) is 11.5. The summed E-state index contributed by atoms with van der Waals surface area (Å²) in [7, 11) is -4.53. The van der Waals surface area contributed by atoms with Gasteiger partial charge in [-0.25, -0.2) is 4.57 Å². The van der Waals surface area contributed by atoms with Gasteiger partial charge in [0, 0.05) is 0 Å². The number of furan rings is 2. The molecular formula is C12H11O8P. The molecular weight excluding hydrogens is 303 g/mol. The van der Waals surface area contributed by atoms with E-state index in [1.165, 1.54) is 36.8 Å². The Morgan fingerprint density at radius 1 is 1.00 bits per heavy atom. The van der Waals surface area contributed by atoms with Gasteiger partial charge < -0.3 is 13.7 Å². The highest BCUT2D eigenvalue weighted by Crippen LogP contribution is 2.43. The second-order valence-corrected chi connectivity index (χ2v) is 5.27. The lowest BCUT2D eigenvalue weighted by Gasteiger charge is -2.10. The first-order chi connectivity index (χ1) is 9.98. The zero-order valence-electron chi connectivity index (χ0n) is 10.6. The van der Waals surface area contributed by atoms with Crippen molar-refractivity contribution in [3.63, 3.8) is 0 Å². The Labute approximate surface area is 118 Å². The van der Waals surface area contributed by atoms with Gasteiger partial charge in [0.15, 0.2) is 11.5 Å². The number of hydrogen-bond donors (Lipinski definition) is 1. The number of phosphoric ester groups is 1. The zero-order chi connectivity index (χ0) is 15.3. The lowest BCUT2D eigenvalue weighted by atomic mass is 10.3. The minimum Gasteiger partial charge on any atom is -0.461 e. The predicted molar refractivity (Wildman–Crippen MR) is 67.8 cm³/mol. The van der Waals surface area contributed by atoms with E-state index in [0.29, 0.717) is 0 Å². The van der Waals surface area contributed by atoms with E-state index in [4.69, 9.17) is 8.83 Å². The predicted octanol–water partition coefficient (Wildman–Crippen LogP) is 2.07. The number of rotatable bonds is 8. The number of carbonyl (C=O) groups excluding carboxylic acids is 2. The first-order valence-corrected chi connectivity index (χ1v) is 7.23. The van der Waals surface area contributed by atoms with Crippen molar-refractivity contribution in [2.24, 2.45) is 0 Å². The molecule has 0 spiro atoms. The number of hydrogen-bond acceptors (Lipinski definition) is 7. The Morgan fingerprint density at radius 3 is 1.76 bits per heavy atom. The summed E-state index contributed by atoms with van der Waals surface area (Å²) >= 11 is 0. The smallest absolute Gasteiger partial charge is 0.461 e. The van der Waals surface area contributed by atoms with Crippen LogP contribution in [0, 0.1) is 0 Å². The monoisotopic (exact) mass is 314 g/mol. The standard InChI is InChI=1S/C12H11O8P/c13-9(11-3-1-5-17-11)7-19-21(15,16)20-8-10(14)12-4-2-6-18-12/h1-6H,7-8H2,(H,15,16). The first-order valence-electron chi connectivity index (χ1n) is 5.73. The van der Waals surface area contributed by atoms with Crippen LogP contribution in [0.5, 0.6) is 0 Å². The van der Waals surface area contributed by atoms with Gasteiger partial charge in [-0.3, -0.25) is 18.6 Å². The fourth-order valence-corrected chi connectivity index (χ4v) is 1.97. The highest BCUT2D eigenvalue weighted by molar-refractivity contribution is 7.47. The quantitative estimate of drug-likeness (QED) is 0.581. The van der Waals surface area contributed by atoms with Crippen molar-refractivity contribution < 1.29 is 36.9 Å². The van der Waals surface area contributed by atoms with Crippen LogP contribution < -0.4 is 0 Å². The van der Waals surface area contributed by atoms with E-state index in [0.717, 1.165) is 0 Å². The fourth-order valence-electron chi connectivity index (χ4n) is 1.33. The van der Waals surface area contributed by atoms with Gasteiger partial charge in [-0.15, -0.1) is 0 Å². The Bertz CT molecular complexity index is 589. The summed E-state index contributed by atoms with van der Waals surface area (Å²) in [4.78, 5) is 32.3. The van der Waals surface area contributed by atoms with Crippen LogP contribution >= 0.6 is 7.82 Å². The van der Waals surface area contributed by atoms with E-state index in [2.05, 4.69) is 9.05 Å². The van der Waals surface area contributed by atoms with Crippen molar-refractivity contribution in [3.8, 4) is 0 Å². The van der Waals surface area contributed by atoms with Gasteiger partial charge >= 0.3 is 7.82 Å². The molecule has 0 fully saturated rings. The Kier molecular flexibility index (Phi) is 4.87. The largest absolute Gasteiger partial charge is 0.473 e. The van der Waals surface area contributed by atoms with Crippen LogP contribution in [0.1, 0.15) is 21.1 Å². The number of Topliss-reactive ketones (excluding diaryl/α,β-unsaturated/α-hetero) is 2. The van der Waals surface area contributed by atoms with Crippen molar-refractivity contribution in [1.29, 1.82) is 0 Å². The van der Waals surface area contributed by atoms with Crippen molar-refractivity contribution in [2.75, 3.05) is 13.2 Å². The van der Waals surface area contributed by atoms with E-state index in [1.807, 2.05) is 0 Å². The second kappa shape index (κ2) is 6.64. The Hall–Kier alpha value is -1.99. The van der Waals surface area contributed by atoms with Crippen LogP contribution in [0.2, 0.25) is 0 Å². The van der Waals surface area contributed by atoms with Gasteiger partial charge in [0.1, 0.15) is 13.2 Å². The summed E-state index contributed by atoms with van der Waals surface area (Å²) < 4.78 is 30.1. The Balaban J connectivity index is 1.80. The summed E-state index contributed by atoms with van der Waals surface area (Å²) in [6.07, 6.45) is 2.56. The lowest BCUT2D eigenvalue weighted by molar-refractivity contribution is 0.0773. The maximum atomic E-state index is 11.5. The molecule has 0 aliphatic carbocycles. The van der Waals surface area contributed by atoms with Crippen LogP contribution in [-0.4, -0.2) is 29.7 Å². The van der Waals surface area contributed by atoms with E-state index in [-0.39, 0.29) is 11.5 Å². The van der Waals surface area contributed by atoms with Crippen molar-refractivity contribution in [3.05, 3.63) is 48.3 Å². The number of carbonyl (C=O) groups is 2. The van der Waals surface area contributed by atoms with Crippen LogP contribution in [0.3, 0.4) is 0 Å². The van der Waals surface area contributed by atoms with Crippen molar-refractivity contribution in [2.45, 2.75) is 0 Å². The maximum absolute atomic E-state index is 11.5. The third-order valence-electron chi connectivity index (χ3n) is 2.31. The van der Waals surface area contributed by atoms with E-state index in [1.54, 1.807) is 0 Å². The molecule has 0 bridgehead atoms. The van der Waals surface area contributed by atoms with Crippen LogP contribution in [0.15, 0.2) is 45.6 Å². The topological polar surface area (TPSA) is 116 Å². The fraction of sp³-hybridized carbons (Fsp3) is 0.167. The molecule has 2 aromatic heterocycles. The van der Waals surface area contributed by atoms with Gasteiger partial charge in [-0.1, -0.05) is 0 Å². The third kappa shape index (κ3) is 4.51. The van der Waals surface area contributed by atoms with Crippen LogP contribution in [0.4, 0.5) is 0 Å². The average Bonchev–Trinajstić information content (AvgIpc) is 3.14. The van der Waals surface area contributed by atoms with Gasteiger partial charge in [0.25, 0.3) is 0 Å². The summed E-state index contributed by atoms with van der Waals surface area (Å²) in [6.45, 7) is -1.42. The molecule has 2 heterocycles. The molecule has 0 aliphatic rings. The Morgan fingerprint density at radius 2 is 1.43 bits per heavy atom. The van der Waals surface area contributed by atoms with Gasteiger partial charge in [0.2, 0.25) is 11.6 Å². The molecule has 9 heteroatoms. The molecule has 2 rings (SSSR count). The summed E-state index contributed by atoms with van der Waals surface area (Å²) in [5.41, 5.74) is 0. The molecule has 0 radical (unpaired) electrons. The molecule has 0 aromatic carbocycles. The third-order valence-corrected chi connectivity index (χ3v) is 3.22. The molecule has 0 saturated heterocycles. The molecule has 0 unspecified atom stereocenters. The van der Waals surface area contributed by atoms with Gasteiger partial charge in [0.05, 0.1) is 12.5 Å². The minimum atomic E-state index is -4.53. The molecule has 0 aliphatic heterocycles. The molecule has 8 nitrogen and oxygen atoms in total. The molecule has 21 heavy (non-hydrogen) atoms. The van der Waals surface area contributed by atoms with Crippen LogP contribution in [0.25, 0.3) is 0 Å². The number of ketones is 2. The van der Waals surface area contributed by atoms with Gasteiger partial charge in [-0.05, 0) is 24.3 Å². The van der Waals surface area contributed by atoms with E-state index >= 15 is 0 Å². The summed E-state index contributed by atoms with van der Waals surface area (Å²) in [5, 5.41) is 0. The molecule has 1 N–H and O–H groups in total. The van der Waals surface area contributed by atoms with E-state index < -0.39 is 32.6 Å². The molecule has 2 aromatic rings. The molecule has 0 atom stereocenters. The van der Waals surface area contributed by atoms with Crippen LogP contribution in [-0.2, 0) is 13.6 Å². The minimum absolute atomic E-state index is 0.0124.